The summed E-state index contributed by atoms with van der Waals surface area (Å²) in [4.78, 5) is 6.93. The van der Waals surface area contributed by atoms with Gasteiger partial charge in [-0.2, -0.15) is 0 Å². The van der Waals surface area contributed by atoms with E-state index in [4.69, 9.17) is 5.11 Å². The summed E-state index contributed by atoms with van der Waals surface area (Å²) in [7, 11) is 0. The van der Waals surface area contributed by atoms with E-state index in [2.05, 4.69) is 15.2 Å². The van der Waals surface area contributed by atoms with Crippen LogP contribution in [0.5, 0.6) is 0 Å². The summed E-state index contributed by atoms with van der Waals surface area (Å²) >= 11 is 0. The Kier molecular flexibility index (Phi) is 8.89. The zero-order valence-corrected chi connectivity index (χ0v) is 21.1. The van der Waals surface area contributed by atoms with Crippen molar-refractivity contribution in [3.8, 4) is 0 Å². The molecular weight excluding hydrogens is 510 g/mol. The van der Waals surface area contributed by atoms with E-state index in [0.29, 0.717) is 25.1 Å². The lowest BCUT2D eigenvalue weighted by Crippen LogP contribution is -2.54. The lowest BCUT2D eigenvalue weighted by Gasteiger charge is -2.40. The third kappa shape index (κ3) is 7.00. The summed E-state index contributed by atoms with van der Waals surface area (Å²) in [6.45, 7) is 2.61. The predicted octanol–water partition coefficient (Wildman–Crippen LogP) is 5.10. The molecule has 2 aliphatic rings. The van der Waals surface area contributed by atoms with Crippen LogP contribution in [0.15, 0.2) is 36.4 Å². The van der Waals surface area contributed by atoms with Crippen LogP contribution in [0, 0.1) is 17.5 Å². The maximum absolute atomic E-state index is 13.4. The summed E-state index contributed by atoms with van der Waals surface area (Å²) in [6.07, 6.45) is 1.13. The number of hydrogen-bond donors (Lipinski definition) is 3. The van der Waals surface area contributed by atoms with Crippen LogP contribution in [-0.2, 0) is 13.0 Å². The first-order valence-electron chi connectivity index (χ1n) is 12.6. The van der Waals surface area contributed by atoms with E-state index in [1.54, 1.807) is 11.0 Å². The predicted molar refractivity (Wildman–Crippen MR) is 135 cm³/mol. The molecule has 2 aromatic carbocycles. The highest BCUT2D eigenvalue weighted by Crippen LogP contribution is 2.32. The number of H-pyrrole nitrogens is 1. The molecule has 3 N–H and O–H groups in total. The number of likely N-dealkylation sites (tertiary alicyclic amines) is 1. The molecule has 0 saturated carbocycles. The van der Waals surface area contributed by atoms with Crippen molar-refractivity contribution in [2.45, 2.75) is 44.3 Å². The lowest BCUT2D eigenvalue weighted by molar-refractivity contribution is -0.0819. The number of aromatic nitrogens is 1. The normalized spacial score (nSPS) is 18.6. The number of aliphatic hydroxyl groups is 1. The average molecular weight is 543 g/mol. The number of benzene rings is 2. The molecule has 1 saturated heterocycles. The van der Waals surface area contributed by atoms with Crippen LogP contribution in [0.3, 0.4) is 0 Å². The minimum atomic E-state index is -3.11. The smallest absolute Gasteiger partial charge is 0.283 e. The van der Waals surface area contributed by atoms with Crippen LogP contribution in [0.2, 0.25) is 0 Å². The monoisotopic (exact) mass is 542 g/mol. The molecular formula is C27H32F6N4O. The molecule has 38 heavy (non-hydrogen) atoms. The molecule has 11 heteroatoms. The lowest BCUT2D eigenvalue weighted by atomic mass is 9.97. The van der Waals surface area contributed by atoms with Crippen molar-refractivity contribution in [3.63, 3.8) is 0 Å². The van der Waals surface area contributed by atoms with Crippen LogP contribution in [0.25, 0.3) is 10.9 Å². The van der Waals surface area contributed by atoms with Gasteiger partial charge in [0.05, 0.1) is 19.3 Å². The van der Waals surface area contributed by atoms with E-state index in [0.717, 1.165) is 47.9 Å². The summed E-state index contributed by atoms with van der Waals surface area (Å²) in [5, 5.41) is 12.6. The molecule has 1 unspecified atom stereocenters. The van der Waals surface area contributed by atoms with E-state index in [9.17, 15) is 26.3 Å². The van der Waals surface area contributed by atoms with Gasteiger partial charge in [-0.25, -0.2) is 22.0 Å². The average Bonchev–Trinajstić information content (AvgIpc) is 3.16. The zero-order chi connectivity index (χ0) is 27.4. The Balaban J connectivity index is 0.000000181. The standard InChI is InChI=1S/C15H17F3N2O.C12H15F3N2/c1-9-4-11-12-5-10(16)2-3-13(12)19-14(11)6-20(9)7-15(17,18)8-21;13-2-1-3-17-7-12(8-17)16-11-5-9(14)4-10(15)6-11/h2-3,5,9,19,21H,4,6-8H2,1H3;4-6,12,16H,1-3,7-8H2. The first-order chi connectivity index (χ1) is 18.1. The SMILES string of the molecule is CC1Cc2c([nH]c3ccc(F)cc23)CN1CC(F)(F)CO.FCCCN1CC(Nc2cc(F)cc(F)c2)C1. The van der Waals surface area contributed by atoms with Gasteiger partial charge in [-0.3, -0.25) is 14.2 Å². The number of aromatic amines is 1. The van der Waals surface area contributed by atoms with Crippen molar-refractivity contribution in [2.24, 2.45) is 0 Å². The largest absolute Gasteiger partial charge is 0.390 e. The number of fused-ring (bicyclic) bond motifs is 3. The minimum absolute atomic E-state index is 0.0859. The van der Waals surface area contributed by atoms with Crippen LogP contribution < -0.4 is 5.32 Å². The van der Waals surface area contributed by atoms with Gasteiger partial charge < -0.3 is 15.4 Å². The molecule has 0 bridgehead atoms. The molecule has 0 amide bonds. The summed E-state index contributed by atoms with van der Waals surface area (Å²) in [6, 6.07) is 8.02. The zero-order valence-electron chi connectivity index (χ0n) is 21.1. The number of nitrogens with one attached hydrogen (secondary N) is 2. The van der Waals surface area contributed by atoms with Gasteiger partial charge >= 0.3 is 0 Å². The highest BCUT2D eigenvalue weighted by molar-refractivity contribution is 5.85. The minimum Gasteiger partial charge on any atom is -0.390 e. The highest BCUT2D eigenvalue weighted by atomic mass is 19.3. The van der Waals surface area contributed by atoms with Crippen molar-refractivity contribution in [2.75, 3.05) is 44.8 Å². The third-order valence-corrected chi connectivity index (χ3v) is 6.90. The van der Waals surface area contributed by atoms with Crippen molar-refractivity contribution < 1.29 is 31.4 Å². The number of anilines is 1. The molecule has 1 fully saturated rings. The van der Waals surface area contributed by atoms with Gasteiger partial charge in [0.2, 0.25) is 0 Å². The Morgan fingerprint density at radius 3 is 2.42 bits per heavy atom. The number of halogens is 6. The molecule has 5 rings (SSSR count). The molecule has 0 aliphatic carbocycles. The number of nitrogens with zero attached hydrogens (tertiary/aromatic N) is 2. The fourth-order valence-corrected chi connectivity index (χ4v) is 4.99. The van der Waals surface area contributed by atoms with Gasteiger partial charge in [-0.15, -0.1) is 0 Å². The topological polar surface area (TPSA) is 54.5 Å². The van der Waals surface area contributed by atoms with Crippen molar-refractivity contribution in [3.05, 3.63) is 65.1 Å². The Bertz CT molecular complexity index is 1210. The second-order valence-electron chi connectivity index (χ2n) is 10.0. The van der Waals surface area contributed by atoms with E-state index in [1.165, 1.54) is 24.3 Å². The third-order valence-electron chi connectivity index (χ3n) is 6.90. The molecule has 5 nitrogen and oxygen atoms in total. The van der Waals surface area contributed by atoms with Gasteiger partial charge in [0.1, 0.15) is 24.1 Å². The van der Waals surface area contributed by atoms with E-state index < -0.39 is 30.7 Å². The first kappa shape index (κ1) is 28.3. The Labute approximate surface area is 217 Å². The fraction of sp³-hybridized carbons (Fsp3) is 0.481. The Morgan fingerprint density at radius 2 is 1.76 bits per heavy atom. The maximum atomic E-state index is 13.4. The van der Waals surface area contributed by atoms with Gasteiger partial charge in [-0.1, -0.05) is 0 Å². The Morgan fingerprint density at radius 1 is 1.05 bits per heavy atom. The highest BCUT2D eigenvalue weighted by Gasteiger charge is 2.35. The van der Waals surface area contributed by atoms with Gasteiger partial charge in [-0.05, 0) is 55.7 Å². The van der Waals surface area contributed by atoms with E-state index in [1.807, 2.05) is 6.92 Å². The Hall–Kier alpha value is -2.76. The van der Waals surface area contributed by atoms with E-state index >= 15 is 0 Å². The van der Waals surface area contributed by atoms with Crippen molar-refractivity contribution >= 4 is 16.6 Å². The molecule has 1 aromatic heterocycles. The number of aliphatic hydroxyl groups excluding tert-OH is 1. The molecule has 2 aliphatic heterocycles. The number of hydrogen-bond acceptors (Lipinski definition) is 4. The molecule has 1 atom stereocenters. The number of rotatable bonds is 8. The number of alkyl halides is 3. The second kappa shape index (κ2) is 12.0. The van der Waals surface area contributed by atoms with Gasteiger partial charge in [0, 0.05) is 60.6 Å². The van der Waals surface area contributed by atoms with Crippen LogP contribution in [-0.4, -0.2) is 77.4 Å². The molecule has 0 radical (unpaired) electrons. The molecule has 3 heterocycles. The summed E-state index contributed by atoms with van der Waals surface area (Å²) in [5.74, 6) is -4.57. The molecule has 3 aromatic rings. The van der Waals surface area contributed by atoms with Gasteiger partial charge in [0.15, 0.2) is 0 Å². The van der Waals surface area contributed by atoms with Gasteiger partial charge in [0.25, 0.3) is 5.92 Å². The van der Waals surface area contributed by atoms with Crippen molar-refractivity contribution in [1.82, 2.24) is 14.8 Å². The molecule has 208 valence electrons. The maximum Gasteiger partial charge on any atom is 0.283 e. The van der Waals surface area contributed by atoms with Crippen LogP contribution >= 0.6 is 0 Å². The second-order valence-corrected chi connectivity index (χ2v) is 10.0. The first-order valence-corrected chi connectivity index (χ1v) is 12.6. The molecule has 0 spiro atoms. The quantitative estimate of drug-likeness (QED) is 0.347. The van der Waals surface area contributed by atoms with E-state index in [-0.39, 0.29) is 24.6 Å². The van der Waals surface area contributed by atoms with Crippen molar-refractivity contribution in [1.29, 1.82) is 0 Å². The summed E-state index contributed by atoms with van der Waals surface area (Å²) in [5.41, 5.74) is 3.13. The van der Waals surface area contributed by atoms with Crippen LogP contribution in [0.4, 0.5) is 32.0 Å². The fourth-order valence-electron chi connectivity index (χ4n) is 4.99. The summed E-state index contributed by atoms with van der Waals surface area (Å²) < 4.78 is 77.9. The van der Waals surface area contributed by atoms with Crippen LogP contribution in [0.1, 0.15) is 24.6 Å².